The van der Waals surface area contributed by atoms with E-state index in [4.69, 9.17) is 11.6 Å². The van der Waals surface area contributed by atoms with Crippen molar-refractivity contribution in [3.63, 3.8) is 0 Å². The highest BCUT2D eigenvalue weighted by Crippen LogP contribution is 2.37. The van der Waals surface area contributed by atoms with Crippen LogP contribution in [0.1, 0.15) is 24.4 Å². The maximum atomic E-state index is 13.0. The molecule has 1 unspecified atom stereocenters. The lowest BCUT2D eigenvalue weighted by Crippen LogP contribution is -2.16. The number of hydrogen-bond acceptors (Lipinski definition) is 2. The third-order valence-electron chi connectivity index (χ3n) is 2.90. The maximum Gasteiger partial charge on any atom is 0.418 e. The molecule has 0 aliphatic carbocycles. The largest absolute Gasteiger partial charge is 0.418 e. The summed E-state index contributed by atoms with van der Waals surface area (Å²) >= 11 is 5.64. The molecule has 0 radical (unpaired) electrons. The molecule has 0 fully saturated rings. The third kappa shape index (κ3) is 3.07. The van der Waals surface area contributed by atoms with Gasteiger partial charge in [0.15, 0.2) is 0 Å². The van der Waals surface area contributed by atoms with Crippen molar-refractivity contribution in [3.05, 3.63) is 47.0 Å². The number of anilines is 1. The number of halogens is 4. The molecule has 3 nitrogen and oxygen atoms in total. The van der Waals surface area contributed by atoms with Crippen molar-refractivity contribution in [2.24, 2.45) is 7.05 Å². The van der Waals surface area contributed by atoms with Crippen LogP contribution in [0.25, 0.3) is 0 Å². The van der Waals surface area contributed by atoms with E-state index < -0.39 is 11.7 Å². The minimum atomic E-state index is -4.46. The molecule has 1 aromatic carbocycles. The summed E-state index contributed by atoms with van der Waals surface area (Å²) in [6.45, 7) is 1.75. The van der Waals surface area contributed by atoms with Gasteiger partial charge in [-0.2, -0.15) is 13.2 Å². The lowest BCUT2D eigenvalue weighted by Gasteiger charge is -2.19. The molecule has 1 heterocycles. The highest BCUT2D eigenvalue weighted by atomic mass is 35.5. The van der Waals surface area contributed by atoms with E-state index in [1.54, 1.807) is 30.9 Å². The standard InChI is InChI=1S/C13H13ClF3N3/c1-8(12-18-5-6-20(12)2)19-11-4-3-9(14)7-10(11)13(15,16)17/h3-8,19H,1-2H3. The number of aryl methyl sites for hydroxylation is 1. The fraction of sp³-hybridized carbons (Fsp3) is 0.308. The Balaban J connectivity index is 2.32. The molecule has 0 bridgehead atoms. The Bertz CT molecular complexity index is 607. The lowest BCUT2D eigenvalue weighted by molar-refractivity contribution is -0.137. The Morgan fingerprint density at radius 3 is 2.60 bits per heavy atom. The van der Waals surface area contributed by atoms with Crippen LogP contribution in [0.2, 0.25) is 5.02 Å². The van der Waals surface area contributed by atoms with Crippen LogP contribution in [0.15, 0.2) is 30.6 Å². The van der Waals surface area contributed by atoms with Crippen molar-refractivity contribution >= 4 is 17.3 Å². The molecule has 2 aromatic rings. The number of benzene rings is 1. The zero-order valence-corrected chi connectivity index (χ0v) is 11.6. The van der Waals surface area contributed by atoms with Crippen LogP contribution in [-0.4, -0.2) is 9.55 Å². The first-order valence-corrected chi connectivity index (χ1v) is 6.27. The second-order valence-corrected chi connectivity index (χ2v) is 4.89. The normalized spacial score (nSPS) is 13.3. The Hall–Kier alpha value is -1.69. The van der Waals surface area contributed by atoms with E-state index in [-0.39, 0.29) is 16.8 Å². The van der Waals surface area contributed by atoms with E-state index in [9.17, 15) is 13.2 Å². The van der Waals surface area contributed by atoms with E-state index in [1.807, 2.05) is 0 Å². The van der Waals surface area contributed by atoms with Crippen molar-refractivity contribution < 1.29 is 13.2 Å². The summed E-state index contributed by atoms with van der Waals surface area (Å²) in [5.41, 5.74) is -0.802. The predicted molar refractivity (Wildman–Crippen MR) is 71.7 cm³/mol. The molecular formula is C13H13ClF3N3. The van der Waals surface area contributed by atoms with Gasteiger partial charge in [0.25, 0.3) is 0 Å². The van der Waals surface area contributed by atoms with E-state index in [2.05, 4.69) is 10.3 Å². The predicted octanol–water partition coefficient (Wildman–Crippen LogP) is 4.27. The van der Waals surface area contributed by atoms with E-state index >= 15 is 0 Å². The van der Waals surface area contributed by atoms with Gasteiger partial charge in [0.1, 0.15) is 5.82 Å². The van der Waals surface area contributed by atoms with Gasteiger partial charge in [-0.3, -0.25) is 0 Å². The number of aromatic nitrogens is 2. The zero-order chi connectivity index (χ0) is 14.9. The van der Waals surface area contributed by atoms with Crippen LogP contribution < -0.4 is 5.32 Å². The van der Waals surface area contributed by atoms with Crippen LogP contribution in [-0.2, 0) is 13.2 Å². The average molecular weight is 304 g/mol. The van der Waals surface area contributed by atoms with Crippen LogP contribution in [0.5, 0.6) is 0 Å². The van der Waals surface area contributed by atoms with Gasteiger partial charge in [-0.25, -0.2) is 4.98 Å². The van der Waals surface area contributed by atoms with Gasteiger partial charge >= 0.3 is 6.18 Å². The van der Waals surface area contributed by atoms with Crippen molar-refractivity contribution in [1.82, 2.24) is 9.55 Å². The van der Waals surface area contributed by atoms with Crippen molar-refractivity contribution in [1.29, 1.82) is 0 Å². The smallest absolute Gasteiger partial charge is 0.375 e. The molecule has 7 heteroatoms. The van der Waals surface area contributed by atoms with E-state index in [0.717, 1.165) is 6.07 Å². The van der Waals surface area contributed by atoms with Crippen molar-refractivity contribution in [2.75, 3.05) is 5.32 Å². The first kappa shape index (κ1) is 14.7. The van der Waals surface area contributed by atoms with Gasteiger partial charge < -0.3 is 9.88 Å². The third-order valence-corrected chi connectivity index (χ3v) is 3.14. The molecule has 1 aromatic heterocycles. The number of imidazole rings is 1. The Kier molecular flexibility index (Phi) is 3.94. The molecule has 0 saturated heterocycles. The molecular weight excluding hydrogens is 291 g/mol. The number of rotatable bonds is 3. The van der Waals surface area contributed by atoms with E-state index in [0.29, 0.717) is 5.82 Å². The first-order valence-electron chi connectivity index (χ1n) is 5.89. The molecule has 0 amide bonds. The fourth-order valence-electron chi connectivity index (χ4n) is 1.97. The summed E-state index contributed by atoms with van der Waals surface area (Å²) in [5, 5.41) is 2.87. The molecule has 0 saturated carbocycles. The van der Waals surface area contributed by atoms with Gasteiger partial charge in [0.05, 0.1) is 11.6 Å². The fourth-order valence-corrected chi connectivity index (χ4v) is 2.14. The van der Waals surface area contributed by atoms with Gasteiger partial charge in [0, 0.05) is 30.2 Å². The Labute approximate surface area is 119 Å². The summed E-state index contributed by atoms with van der Waals surface area (Å²) < 4.78 is 40.7. The highest BCUT2D eigenvalue weighted by molar-refractivity contribution is 6.30. The van der Waals surface area contributed by atoms with Gasteiger partial charge in [-0.1, -0.05) is 11.6 Å². The van der Waals surface area contributed by atoms with Crippen LogP contribution in [0, 0.1) is 0 Å². The molecule has 108 valence electrons. The zero-order valence-electron chi connectivity index (χ0n) is 10.9. The summed E-state index contributed by atoms with van der Waals surface area (Å²) in [5.74, 6) is 0.646. The summed E-state index contributed by atoms with van der Waals surface area (Å²) in [7, 11) is 1.78. The molecule has 1 N–H and O–H groups in total. The monoisotopic (exact) mass is 303 g/mol. The topological polar surface area (TPSA) is 29.9 Å². The number of nitrogens with zero attached hydrogens (tertiary/aromatic N) is 2. The number of nitrogens with one attached hydrogen (secondary N) is 1. The van der Waals surface area contributed by atoms with Crippen molar-refractivity contribution in [2.45, 2.75) is 19.1 Å². The summed E-state index contributed by atoms with van der Waals surface area (Å²) in [6, 6.07) is 3.29. The summed E-state index contributed by atoms with van der Waals surface area (Å²) in [6.07, 6.45) is -1.13. The average Bonchev–Trinajstić information content (AvgIpc) is 2.76. The lowest BCUT2D eigenvalue weighted by atomic mass is 10.1. The summed E-state index contributed by atoms with van der Waals surface area (Å²) in [4.78, 5) is 4.11. The van der Waals surface area contributed by atoms with E-state index in [1.165, 1.54) is 12.1 Å². The quantitative estimate of drug-likeness (QED) is 0.918. The van der Waals surface area contributed by atoms with Gasteiger partial charge in [-0.05, 0) is 25.1 Å². The molecule has 2 rings (SSSR count). The molecule has 0 aliphatic heterocycles. The van der Waals surface area contributed by atoms with Crippen LogP contribution >= 0.6 is 11.6 Å². The minimum absolute atomic E-state index is 0.0163. The second kappa shape index (κ2) is 5.36. The Morgan fingerprint density at radius 1 is 1.35 bits per heavy atom. The Morgan fingerprint density at radius 2 is 2.05 bits per heavy atom. The van der Waals surface area contributed by atoms with Gasteiger partial charge in [0.2, 0.25) is 0 Å². The minimum Gasteiger partial charge on any atom is -0.375 e. The molecule has 0 aliphatic rings. The molecule has 1 atom stereocenters. The molecule has 0 spiro atoms. The SMILES string of the molecule is CC(Nc1ccc(Cl)cc1C(F)(F)F)c1nccn1C. The number of alkyl halides is 3. The number of hydrogen-bond donors (Lipinski definition) is 1. The van der Waals surface area contributed by atoms with Crippen LogP contribution in [0.4, 0.5) is 18.9 Å². The van der Waals surface area contributed by atoms with Crippen molar-refractivity contribution in [3.8, 4) is 0 Å². The second-order valence-electron chi connectivity index (χ2n) is 4.45. The first-order chi connectivity index (χ1) is 9.29. The highest BCUT2D eigenvalue weighted by Gasteiger charge is 2.34. The molecule has 20 heavy (non-hydrogen) atoms. The van der Waals surface area contributed by atoms with Gasteiger partial charge in [-0.15, -0.1) is 0 Å². The maximum absolute atomic E-state index is 13.0. The van der Waals surface area contributed by atoms with Crippen LogP contribution in [0.3, 0.4) is 0 Å².